The highest BCUT2D eigenvalue weighted by molar-refractivity contribution is 6.39. The van der Waals surface area contributed by atoms with Gasteiger partial charge in [0.25, 0.3) is 0 Å². The van der Waals surface area contributed by atoms with Crippen molar-refractivity contribution in [3.8, 4) is 5.69 Å². The molecule has 2 aromatic carbocycles. The normalized spacial score (nSPS) is 11.9. The molecule has 1 N–H and O–H groups in total. The van der Waals surface area contributed by atoms with Crippen molar-refractivity contribution in [1.82, 2.24) is 33.9 Å². The number of hydrogen-bond acceptors (Lipinski definition) is 5. The Hall–Kier alpha value is -3.98. The molecule has 0 atom stereocenters. The minimum atomic E-state index is -1.53. The molecule has 0 amide bonds. The number of rotatable bonds is 6. The van der Waals surface area contributed by atoms with Crippen molar-refractivity contribution in [3.05, 3.63) is 124 Å². The summed E-state index contributed by atoms with van der Waals surface area (Å²) in [4.78, 5) is 13.1. The third kappa shape index (κ3) is 3.98. The van der Waals surface area contributed by atoms with Crippen LogP contribution >= 0.6 is 23.2 Å². The number of aliphatic hydroxyl groups is 1. The monoisotopic (exact) mass is 543 g/mol. The van der Waals surface area contributed by atoms with Gasteiger partial charge in [0.15, 0.2) is 5.60 Å². The van der Waals surface area contributed by atoms with Gasteiger partial charge in [-0.2, -0.15) is 5.10 Å². The smallest absolute Gasteiger partial charge is 0.173 e. The number of aromatic nitrogens is 7. The quantitative estimate of drug-likeness (QED) is 0.296. The lowest BCUT2D eigenvalue weighted by Crippen LogP contribution is -2.33. The van der Waals surface area contributed by atoms with Gasteiger partial charge in [-0.3, -0.25) is 0 Å². The minimum Gasteiger partial charge on any atom is -0.373 e. The lowest BCUT2D eigenvalue weighted by Gasteiger charge is -2.29. The minimum absolute atomic E-state index is 0.347. The molecule has 0 aliphatic heterocycles. The lowest BCUT2D eigenvalue weighted by atomic mass is 9.86. The number of imidazole rings is 2. The second-order valence-corrected chi connectivity index (χ2v) is 9.95. The van der Waals surface area contributed by atoms with Crippen molar-refractivity contribution in [2.75, 3.05) is 0 Å². The summed E-state index contributed by atoms with van der Waals surface area (Å²) in [6.45, 7) is 0. The van der Waals surface area contributed by atoms with Gasteiger partial charge >= 0.3 is 0 Å². The Morgan fingerprint density at radius 1 is 0.921 bits per heavy atom. The zero-order valence-electron chi connectivity index (χ0n) is 20.6. The van der Waals surface area contributed by atoms with Crippen molar-refractivity contribution >= 4 is 34.1 Å². The highest BCUT2D eigenvalue weighted by Crippen LogP contribution is 2.40. The Kier molecular flexibility index (Phi) is 6.03. The van der Waals surface area contributed by atoms with Gasteiger partial charge in [-0.25, -0.2) is 19.6 Å². The highest BCUT2D eigenvalue weighted by Gasteiger charge is 2.39. The van der Waals surface area contributed by atoms with Crippen molar-refractivity contribution in [2.24, 2.45) is 14.1 Å². The first kappa shape index (κ1) is 24.4. The molecule has 0 radical (unpaired) electrons. The maximum atomic E-state index is 12.3. The van der Waals surface area contributed by atoms with E-state index in [-0.39, 0.29) is 0 Å². The molecule has 10 heteroatoms. The highest BCUT2D eigenvalue weighted by atomic mass is 35.5. The zero-order valence-corrected chi connectivity index (χ0v) is 22.1. The molecule has 6 aromatic rings. The molecule has 38 heavy (non-hydrogen) atoms. The Bertz CT molecular complexity index is 1710. The van der Waals surface area contributed by atoms with Gasteiger partial charge in [-0.1, -0.05) is 41.4 Å². The number of aryl methyl sites for hydroxylation is 2. The van der Waals surface area contributed by atoms with E-state index in [0.29, 0.717) is 44.5 Å². The molecule has 4 aromatic heterocycles. The van der Waals surface area contributed by atoms with Gasteiger partial charge in [0.1, 0.15) is 5.15 Å². The Morgan fingerprint density at radius 2 is 1.61 bits per heavy atom. The summed E-state index contributed by atoms with van der Waals surface area (Å²) in [5.41, 5.74) is 3.61. The molecule has 4 heterocycles. The Morgan fingerprint density at radius 3 is 2.18 bits per heavy atom. The van der Waals surface area contributed by atoms with Crippen LogP contribution in [-0.4, -0.2) is 39.0 Å². The molecule has 0 fully saturated rings. The Balaban J connectivity index is 1.45. The van der Waals surface area contributed by atoms with E-state index < -0.39 is 5.60 Å². The maximum Gasteiger partial charge on any atom is 0.173 e. The van der Waals surface area contributed by atoms with E-state index in [0.717, 1.165) is 16.8 Å². The third-order valence-corrected chi connectivity index (χ3v) is 7.59. The zero-order chi connectivity index (χ0) is 26.4. The molecular weight excluding hydrogens is 521 g/mol. The first-order chi connectivity index (χ1) is 18.4. The van der Waals surface area contributed by atoms with Crippen molar-refractivity contribution in [3.63, 3.8) is 0 Å². The fraction of sp³-hybridized carbons (Fsp3) is 0.143. The van der Waals surface area contributed by atoms with E-state index in [4.69, 9.17) is 23.2 Å². The number of hydrogen-bond donors (Lipinski definition) is 1. The van der Waals surface area contributed by atoms with Crippen molar-refractivity contribution in [2.45, 2.75) is 12.0 Å². The molecule has 0 saturated heterocycles. The number of halogens is 2. The summed E-state index contributed by atoms with van der Waals surface area (Å²) in [5, 5.41) is 18.1. The first-order valence-corrected chi connectivity index (χ1v) is 12.6. The fourth-order valence-corrected chi connectivity index (χ4v) is 5.45. The molecule has 0 aliphatic rings. The SMILES string of the molecule is Cn1cncc1C(O)(c1ccc2nc(Cl)c(Cc3ccc(-n4cccn4)cc3)c(Cl)c2c1)c1cncn1C. The number of benzene rings is 2. The standard InChI is InChI=1S/C28H23Cl2N7O/c1-35-16-31-14-24(35)28(38,25-15-32-17-36(25)2)19-6-9-23-21(13-19)26(29)22(27(30)34-23)12-18-4-7-20(8-5-18)37-11-3-10-33-37/h3-11,13-17,38H,12H2,1-2H3. The summed E-state index contributed by atoms with van der Waals surface area (Å²) >= 11 is 13.6. The molecular formula is C28H23Cl2N7O. The maximum absolute atomic E-state index is 12.3. The van der Waals surface area contributed by atoms with Crippen LogP contribution in [0.3, 0.4) is 0 Å². The van der Waals surface area contributed by atoms with E-state index in [2.05, 4.69) is 20.1 Å². The van der Waals surface area contributed by atoms with Crippen LogP contribution in [0.15, 0.2) is 86.0 Å². The number of fused-ring (bicyclic) bond motifs is 1. The molecule has 0 bridgehead atoms. The van der Waals surface area contributed by atoms with Gasteiger partial charge in [-0.05, 0) is 41.5 Å². The fourth-order valence-electron chi connectivity index (χ4n) is 4.84. The molecule has 0 saturated carbocycles. The van der Waals surface area contributed by atoms with Crippen LogP contribution in [0.2, 0.25) is 10.2 Å². The second-order valence-electron chi connectivity index (χ2n) is 9.21. The van der Waals surface area contributed by atoms with Gasteiger partial charge in [0, 0.05) is 43.9 Å². The van der Waals surface area contributed by atoms with Gasteiger partial charge in [0.05, 0.1) is 52.7 Å². The second kappa shape index (κ2) is 9.40. The number of pyridine rings is 1. The summed E-state index contributed by atoms with van der Waals surface area (Å²) in [6, 6.07) is 15.4. The average Bonchev–Trinajstić information content (AvgIpc) is 3.69. The topological polar surface area (TPSA) is 86.6 Å². The van der Waals surface area contributed by atoms with Crippen LogP contribution in [0, 0.1) is 0 Å². The van der Waals surface area contributed by atoms with Gasteiger partial charge < -0.3 is 14.2 Å². The van der Waals surface area contributed by atoms with Crippen LogP contribution in [0.5, 0.6) is 0 Å². The third-order valence-electron chi connectivity index (χ3n) is 6.84. The first-order valence-electron chi connectivity index (χ1n) is 11.9. The number of nitrogens with zero attached hydrogens (tertiary/aromatic N) is 7. The van der Waals surface area contributed by atoms with Gasteiger partial charge in [0.2, 0.25) is 0 Å². The van der Waals surface area contributed by atoms with E-state index in [1.807, 2.05) is 68.8 Å². The van der Waals surface area contributed by atoms with E-state index in [1.54, 1.807) is 45.1 Å². The van der Waals surface area contributed by atoms with Crippen LogP contribution in [-0.2, 0) is 26.1 Å². The summed E-state index contributed by atoms with van der Waals surface area (Å²) in [5.74, 6) is 0. The largest absolute Gasteiger partial charge is 0.373 e. The van der Waals surface area contributed by atoms with Crippen LogP contribution in [0.1, 0.15) is 28.1 Å². The molecule has 0 spiro atoms. The van der Waals surface area contributed by atoms with E-state index in [1.165, 1.54) is 0 Å². The summed E-state index contributed by atoms with van der Waals surface area (Å²) in [7, 11) is 3.68. The van der Waals surface area contributed by atoms with Crippen molar-refractivity contribution < 1.29 is 5.11 Å². The van der Waals surface area contributed by atoms with Crippen molar-refractivity contribution in [1.29, 1.82) is 0 Å². The summed E-state index contributed by atoms with van der Waals surface area (Å²) < 4.78 is 5.38. The molecule has 8 nitrogen and oxygen atoms in total. The predicted octanol–water partition coefficient (Wildman–Crippen LogP) is 5.07. The van der Waals surface area contributed by atoms with Gasteiger partial charge in [-0.15, -0.1) is 0 Å². The molecule has 0 aliphatic carbocycles. The van der Waals surface area contributed by atoms with E-state index >= 15 is 0 Å². The summed E-state index contributed by atoms with van der Waals surface area (Å²) in [6.07, 6.45) is 10.7. The van der Waals surface area contributed by atoms with E-state index in [9.17, 15) is 5.11 Å². The molecule has 190 valence electrons. The average molecular weight is 544 g/mol. The Labute approximate surface area is 228 Å². The molecule has 0 unspecified atom stereocenters. The van der Waals surface area contributed by atoms with Crippen LogP contribution in [0.25, 0.3) is 16.6 Å². The van der Waals surface area contributed by atoms with Crippen LogP contribution in [0.4, 0.5) is 0 Å². The predicted molar refractivity (Wildman–Crippen MR) is 147 cm³/mol. The molecule has 6 rings (SSSR count). The van der Waals surface area contributed by atoms with Crippen LogP contribution < -0.4 is 0 Å². The lowest BCUT2D eigenvalue weighted by molar-refractivity contribution is 0.109.